The number of nitrogens with zero attached hydrogens (tertiary/aromatic N) is 3. The molecule has 36 heavy (non-hydrogen) atoms. The van der Waals surface area contributed by atoms with Crippen molar-refractivity contribution in [3.8, 4) is 11.5 Å². The molecule has 4 rings (SSSR count). The Hall–Kier alpha value is -4.84. The Morgan fingerprint density at radius 2 is 1.75 bits per heavy atom. The van der Waals surface area contributed by atoms with Crippen molar-refractivity contribution in [2.24, 2.45) is 5.10 Å². The molecule has 3 aromatic carbocycles. The van der Waals surface area contributed by atoms with Crippen molar-refractivity contribution in [2.75, 3.05) is 6.61 Å². The number of nitro groups is 1. The number of para-hydroxylation sites is 1. The highest BCUT2D eigenvalue weighted by Gasteiger charge is 2.18. The largest absolute Gasteiger partial charge is 0.481 e. The van der Waals surface area contributed by atoms with E-state index in [0.717, 1.165) is 29.7 Å². The van der Waals surface area contributed by atoms with Crippen LogP contribution in [0.25, 0.3) is 10.9 Å². The average Bonchev–Trinajstić information content (AvgIpc) is 2.88. The van der Waals surface area contributed by atoms with E-state index in [9.17, 15) is 23.3 Å². The van der Waals surface area contributed by atoms with Crippen molar-refractivity contribution < 1.29 is 27.1 Å². The highest BCUT2D eigenvalue weighted by Crippen LogP contribution is 2.23. The van der Waals surface area contributed by atoms with Gasteiger partial charge in [0, 0.05) is 23.7 Å². The van der Waals surface area contributed by atoms with Crippen molar-refractivity contribution in [2.45, 2.75) is 4.90 Å². The lowest BCUT2D eigenvalue weighted by Crippen LogP contribution is -2.24. The number of carbonyl (C=O) groups excluding carboxylic acids is 1. The van der Waals surface area contributed by atoms with E-state index < -0.39 is 20.9 Å². The van der Waals surface area contributed by atoms with Crippen molar-refractivity contribution in [1.29, 1.82) is 0 Å². The lowest BCUT2D eigenvalue weighted by Gasteiger charge is -2.07. The standard InChI is InChI=1S/C24H18N4O7S/c29-23(16-34-22-5-1-3-18-4-2-14-25-24(18)22)27-26-15-17-6-10-20(11-7-17)35-36(32,33)21-12-8-19(9-13-21)28(30)31/h1-15H,16H2,(H,27,29)/b26-15-. The van der Waals surface area contributed by atoms with Crippen LogP contribution in [0.1, 0.15) is 5.56 Å². The summed E-state index contributed by atoms with van der Waals surface area (Å²) in [4.78, 5) is 26.2. The van der Waals surface area contributed by atoms with Crippen LogP contribution in [-0.2, 0) is 14.9 Å². The molecular formula is C24H18N4O7S. The van der Waals surface area contributed by atoms with E-state index in [4.69, 9.17) is 8.92 Å². The number of carbonyl (C=O) groups is 1. The number of hydrogen-bond acceptors (Lipinski definition) is 9. The summed E-state index contributed by atoms with van der Waals surface area (Å²) in [6, 6.07) is 19.3. The van der Waals surface area contributed by atoms with Gasteiger partial charge in [-0.15, -0.1) is 0 Å². The maximum Gasteiger partial charge on any atom is 0.339 e. The molecule has 0 bridgehead atoms. The van der Waals surface area contributed by atoms with Gasteiger partial charge in [0.1, 0.15) is 21.9 Å². The molecule has 0 aliphatic heterocycles. The molecule has 0 saturated heterocycles. The topological polar surface area (TPSA) is 150 Å². The van der Waals surface area contributed by atoms with Gasteiger partial charge in [0.2, 0.25) is 0 Å². The van der Waals surface area contributed by atoms with Gasteiger partial charge in [-0.1, -0.05) is 18.2 Å². The predicted octanol–water partition coefficient (Wildman–Crippen LogP) is 3.44. The van der Waals surface area contributed by atoms with Gasteiger partial charge in [0.05, 0.1) is 11.1 Å². The number of nitro benzene ring substituents is 1. The van der Waals surface area contributed by atoms with Crippen LogP contribution in [0, 0.1) is 10.1 Å². The molecule has 0 unspecified atom stereocenters. The van der Waals surface area contributed by atoms with Crippen LogP contribution in [0.4, 0.5) is 5.69 Å². The van der Waals surface area contributed by atoms with Crippen LogP contribution in [0.15, 0.2) is 95.1 Å². The van der Waals surface area contributed by atoms with Crippen LogP contribution >= 0.6 is 0 Å². The second-order valence-corrected chi connectivity index (χ2v) is 8.82. The number of ether oxygens (including phenoxy) is 1. The Kier molecular flexibility index (Phi) is 7.16. The Morgan fingerprint density at radius 3 is 2.47 bits per heavy atom. The number of benzene rings is 3. The second-order valence-electron chi connectivity index (χ2n) is 7.27. The average molecular weight is 506 g/mol. The molecule has 0 saturated carbocycles. The van der Waals surface area contributed by atoms with Crippen molar-refractivity contribution in [3.63, 3.8) is 0 Å². The molecule has 0 radical (unpaired) electrons. The summed E-state index contributed by atoms with van der Waals surface area (Å²) >= 11 is 0. The fourth-order valence-electron chi connectivity index (χ4n) is 3.07. The summed E-state index contributed by atoms with van der Waals surface area (Å²) in [5.74, 6) is 0.0338. The molecule has 0 spiro atoms. The quantitative estimate of drug-likeness (QED) is 0.157. The smallest absolute Gasteiger partial charge is 0.339 e. The minimum absolute atomic E-state index is 0.0339. The zero-order chi connectivity index (χ0) is 25.5. The summed E-state index contributed by atoms with van der Waals surface area (Å²) in [5.41, 5.74) is 3.32. The summed E-state index contributed by atoms with van der Waals surface area (Å²) in [5, 5.41) is 15.5. The molecule has 1 amide bonds. The molecule has 1 N–H and O–H groups in total. The SMILES string of the molecule is O=C(COc1cccc2cccnc12)N/N=C\c1ccc(OS(=O)(=O)c2ccc([N+](=O)[O-])cc2)cc1. The van der Waals surface area contributed by atoms with Crippen LogP contribution in [0.3, 0.4) is 0 Å². The third-order valence-corrected chi connectivity index (χ3v) is 6.04. The van der Waals surface area contributed by atoms with Gasteiger partial charge >= 0.3 is 10.1 Å². The number of aromatic nitrogens is 1. The first-order valence-electron chi connectivity index (χ1n) is 10.4. The first-order valence-corrected chi connectivity index (χ1v) is 11.8. The van der Waals surface area contributed by atoms with Crippen LogP contribution in [-0.4, -0.2) is 37.1 Å². The van der Waals surface area contributed by atoms with Gasteiger partial charge in [0.15, 0.2) is 6.61 Å². The van der Waals surface area contributed by atoms with E-state index in [0.29, 0.717) is 16.8 Å². The Balaban J connectivity index is 1.30. The number of nitrogens with one attached hydrogen (secondary N) is 1. The number of hydrazone groups is 1. The Labute approximate surface area is 205 Å². The highest BCUT2D eigenvalue weighted by molar-refractivity contribution is 7.87. The van der Waals surface area contributed by atoms with Gasteiger partial charge in [-0.05, 0) is 54.1 Å². The maximum atomic E-state index is 12.4. The van der Waals surface area contributed by atoms with E-state index in [1.54, 1.807) is 18.3 Å². The zero-order valence-electron chi connectivity index (χ0n) is 18.5. The summed E-state index contributed by atoms with van der Waals surface area (Å²) in [6.45, 7) is -0.264. The molecule has 1 aromatic heterocycles. The van der Waals surface area contributed by atoms with E-state index >= 15 is 0 Å². The molecule has 4 aromatic rings. The summed E-state index contributed by atoms with van der Waals surface area (Å²) < 4.78 is 35.3. The zero-order valence-corrected chi connectivity index (χ0v) is 19.3. The summed E-state index contributed by atoms with van der Waals surface area (Å²) in [7, 11) is -4.17. The van der Waals surface area contributed by atoms with Gasteiger partial charge in [-0.25, -0.2) is 5.43 Å². The number of fused-ring (bicyclic) bond motifs is 1. The first kappa shape index (κ1) is 24.3. The summed E-state index contributed by atoms with van der Waals surface area (Å²) in [6.07, 6.45) is 3.01. The maximum absolute atomic E-state index is 12.4. The van der Waals surface area contributed by atoms with E-state index in [2.05, 4.69) is 15.5 Å². The van der Waals surface area contributed by atoms with Crippen LogP contribution in [0.2, 0.25) is 0 Å². The molecule has 1 heterocycles. The molecule has 12 heteroatoms. The lowest BCUT2D eigenvalue weighted by atomic mass is 10.2. The molecular weight excluding hydrogens is 488 g/mol. The van der Waals surface area contributed by atoms with Crippen LogP contribution in [0.5, 0.6) is 11.5 Å². The predicted molar refractivity (Wildman–Crippen MR) is 130 cm³/mol. The third kappa shape index (κ3) is 5.98. The van der Waals surface area contributed by atoms with Gasteiger partial charge in [0.25, 0.3) is 11.6 Å². The molecule has 0 aliphatic rings. The minimum Gasteiger partial charge on any atom is -0.481 e. The van der Waals surface area contributed by atoms with Crippen molar-refractivity contribution >= 4 is 38.8 Å². The van der Waals surface area contributed by atoms with Crippen LogP contribution < -0.4 is 14.3 Å². The number of hydrogen-bond donors (Lipinski definition) is 1. The second kappa shape index (κ2) is 10.6. The van der Waals surface area contributed by atoms with E-state index in [1.807, 2.05) is 18.2 Å². The monoisotopic (exact) mass is 506 g/mol. The Bertz CT molecular complexity index is 1530. The van der Waals surface area contributed by atoms with Crippen molar-refractivity contribution in [3.05, 3.63) is 101 Å². The van der Waals surface area contributed by atoms with Gasteiger partial charge in [-0.2, -0.15) is 13.5 Å². The van der Waals surface area contributed by atoms with Crippen molar-refractivity contribution in [1.82, 2.24) is 10.4 Å². The first-order chi connectivity index (χ1) is 17.3. The van der Waals surface area contributed by atoms with E-state index in [1.165, 1.54) is 30.5 Å². The highest BCUT2D eigenvalue weighted by atomic mass is 32.2. The number of amides is 1. The molecule has 11 nitrogen and oxygen atoms in total. The molecule has 0 fully saturated rings. The van der Waals surface area contributed by atoms with Gasteiger partial charge < -0.3 is 8.92 Å². The third-order valence-electron chi connectivity index (χ3n) is 4.78. The molecule has 0 aliphatic carbocycles. The molecule has 0 atom stereocenters. The fourth-order valence-corrected chi connectivity index (χ4v) is 4.00. The number of rotatable bonds is 9. The lowest BCUT2D eigenvalue weighted by molar-refractivity contribution is -0.384. The normalized spacial score (nSPS) is 11.3. The van der Waals surface area contributed by atoms with E-state index in [-0.39, 0.29) is 22.9 Å². The fraction of sp³-hybridized carbons (Fsp3) is 0.0417. The minimum atomic E-state index is -4.17. The number of non-ortho nitro benzene ring substituents is 1. The van der Waals surface area contributed by atoms with Gasteiger partial charge in [-0.3, -0.25) is 19.9 Å². The number of pyridine rings is 1. The Morgan fingerprint density at radius 1 is 1.03 bits per heavy atom. The molecule has 182 valence electrons.